The van der Waals surface area contributed by atoms with Gasteiger partial charge in [-0.1, -0.05) is 19.1 Å². The molecule has 118 valence electrons. The second-order valence-corrected chi connectivity index (χ2v) is 5.89. The van der Waals surface area contributed by atoms with Crippen molar-refractivity contribution >= 4 is 17.9 Å². The van der Waals surface area contributed by atoms with E-state index in [2.05, 4.69) is 6.92 Å². The number of hydrogen-bond donors (Lipinski definition) is 0. The molecule has 0 saturated carbocycles. The molecule has 2 amide bonds. The summed E-state index contributed by atoms with van der Waals surface area (Å²) in [6.45, 7) is 2.98. The minimum Gasteiger partial charge on any atom is -0.345 e. The molecule has 1 aliphatic heterocycles. The molecule has 1 atom stereocenters. The van der Waals surface area contributed by atoms with Crippen LogP contribution >= 0.6 is 0 Å². The molecule has 4 heteroatoms. The first-order valence-electron chi connectivity index (χ1n) is 7.83. The molecular formula is C18H24N2O2. The van der Waals surface area contributed by atoms with E-state index in [1.807, 2.05) is 23.1 Å². The molecule has 1 saturated heterocycles. The van der Waals surface area contributed by atoms with Gasteiger partial charge in [-0.3, -0.25) is 9.59 Å². The molecule has 0 radical (unpaired) electrons. The molecule has 1 aliphatic rings. The van der Waals surface area contributed by atoms with Crippen LogP contribution in [-0.4, -0.2) is 48.3 Å². The van der Waals surface area contributed by atoms with Gasteiger partial charge in [-0.15, -0.1) is 0 Å². The average Bonchev–Trinajstić information content (AvgIpc) is 3.01. The van der Waals surface area contributed by atoms with Gasteiger partial charge in [-0.25, -0.2) is 0 Å². The highest BCUT2D eigenvalue weighted by atomic mass is 16.2. The SMILES string of the molecule is CCC1CCCN1C(=O)/C=C/c1ccc(C(=O)N(C)C)cc1. The van der Waals surface area contributed by atoms with E-state index in [1.165, 1.54) is 0 Å². The Morgan fingerprint density at radius 2 is 1.95 bits per heavy atom. The normalized spacial score (nSPS) is 18.0. The fourth-order valence-corrected chi connectivity index (χ4v) is 2.81. The Balaban J connectivity index is 2.01. The maximum Gasteiger partial charge on any atom is 0.253 e. The van der Waals surface area contributed by atoms with Gasteiger partial charge in [-0.05, 0) is 43.0 Å². The predicted octanol–water partition coefficient (Wildman–Crippen LogP) is 2.80. The smallest absolute Gasteiger partial charge is 0.253 e. The number of carbonyl (C=O) groups excluding carboxylic acids is 2. The number of nitrogens with zero attached hydrogens (tertiary/aromatic N) is 2. The number of rotatable bonds is 4. The number of likely N-dealkylation sites (tertiary alicyclic amines) is 1. The fourth-order valence-electron chi connectivity index (χ4n) is 2.81. The van der Waals surface area contributed by atoms with Crippen LogP contribution in [0.25, 0.3) is 6.08 Å². The van der Waals surface area contributed by atoms with Crippen LogP contribution in [0.1, 0.15) is 42.1 Å². The topological polar surface area (TPSA) is 40.6 Å². The van der Waals surface area contributed by atoms with Crippen LogP contribution in [0.4, 0.5) is 0 Å². The van der Waals surface area contributed by atoms with Crippen LogP contribution in [0.3, 0.4) is 0 Å². The van der Waals surface area contributed by atoms with Crippen LogP contribution in [0.2, 0.25) is 0 Å². The Labute approximate surface area is 132 Å². The van der Waals surface area contributed by atoms with Gasteiger partial charge >= 0.3 is 0 Å². The Morgan fingerprint density at radius 1 is 1.27 bits per heavy atom. The van der Waals surface area contributed by atoms with Crippen LogP contribution < -0.4 is 0 Å². The predicted molar refractivity (Wildman–Crippen MR) is 88.5 cm³/mol. The van der Waals surface area contributed by atoms with Gasteiger partial charge in [0.15, 0.2) is 0 Å². The third-order valence-corrected chi connectivity index (χ3v) is 4.11. The van der Waals surface area contributed by atoms with Crippen molar-refractivity contribution in [1.82, 2.24) is 9.80 Å². The molecule has 0 bridgehead atoms. The van der Waals surface area contributed by atoms with E-state index < -0.39 is 0 Å². The first-order chi connectivity index (χ1) is 10.5. The maximum absolute atomic E-state index is 12.2. The van der Waals surface area contributed by atoms with Crippen molar-refractivity contribution in [2.75, 3.05) is 20.6 Å². The summed E-state index contributed by atoms with van der Waals surface area (Å²) in [5, 5.41) is 0. The number of carbonyl (C=O) groups is 2. The van der Waals surface area contributed by atoms with Crippen molar-refractivity contribution in [3.63, 3.8) is 0 Å². The zero-order valence-electron chi connectivity index (χ0n) is 13.6. The zero-order valence-corrected chi connectivity index (χ0v) is 13.6. The highest BCUT2D eigenvalue weighted by Crippen LogP contribution is 2.20. The summed E-state index contributed by atoms with van der Waals surface area (Å²) in [6, 6.07) is 7.69. The molecule has 1 fully saturated rings. The third-order valence-electron chi connectivity index (χ3n) is 4.11. The summed E-state index contributed by atoms with van der Waals surface area (Å²) in [7, 11) is 3.46. The lowest BCUT2D eigenvalue weighted by Gasteiger charge is -2.21. The number of amides is 2. The molecule has 1 heterocycles. The van der Waals surface area contributed by atoms with Gasteiger partial charge < -0.3 is 9.80 Å². The van der Waals surface area contributed by atoms with Crippen LogP contribution in [0.15, 0.2) is 30.3 Å². The Morgan fingerprint density at radius 3 is 2.55 bits per heavy atom. The molecule has 4 nitrogen and oxygen atoms in total. The highest BCUT2D eigenvalue weighted by Gasteiger charge is 2.25. The van der Waals surface area contributed by atoms with Crippen molar-refractivity contribution in [2.24, 2.45) is 0 Å². The fraction of sp³-hybridized carbons (Fsp3) is 0.444. The Hall–Kier alpha value is -2.10. The summed E-state index contributed by atoms with van der Waals surface area (Å²) < 4.78 is 0. The minimum atomic E-state index is -0.0190. The average molecular weight is 300 g/mol. The number of benzene rings is 1. The molecule has 0 N–H and O–H groups in total. The van der Waals surface area contributed by atoms with Crippen LogP contribution in [-0.2, 0) is 4.79 Å². The third kappa shape index (κ3) is 3.75. The van der Waals surface area contributed by atoms with Gasteiger partial charge in [0, 0.05) is 38.3 Å². The summed E-state index contributed by atoms with van der Waals surface area (Å²) in [5.74, 6) is 0.0623. The number of hydrogen-bond acceptors (Lipinski definition) is 2. The summed E-state index contributed by atoms with van der Waals surface area (Å²) in [5.41, 5.74) is 1.58. The standard InChI is InChI=1S/C18H24N2O2/c1-4-16-6-5-13-20(16)17(21)12-9-14-7-10-15(11-8-14)18(22)19(2)3/h7-12,16H,4-6,13H2,1-3H3/b12-9+. The summed E-state index contributed by atoms with van der Waals surface area (Å²) in [4.78, 5) is 27.5. The van der Waals surface area contributed by atoms with E-state index >= 15 is 0 Å². The van der Waals surface area contributed by atoms with Gasteiger partial charge in [0.05, 0.1) is 0 Å². The van der Waals surface area contributed by atoms with Gasteiger partial charge in [0.2, 0.25) is 5.91 Å². The molecule has 22 heavy (non-hydrogen) atoms. The van der Waals surface area contributed by atoms with E-state index in [4.69, 9.17) is 0 Å². The quantitative estimate of drug-likeness (QED) is 0.802. The maximum atomic E-state index is 12.2. The molecule has 1 aromatic carbocycles. The van der Waals surface area contributed by atoms with E-state index in [0.29, 0.717) is 11.6 Å². The molecule has 1 unspecified atom stereocenters. The first kappa shape index (κ1) is 16.3. The molecule has 0 aliphatic carbocycles. The van der Waals surface area contributed by atoms with Gasteiger partial charge in [-0.2, -0.15) is 0 Å². The Bertz CT molecular complexity index is 561. The van der Waals surface area contributed by atoms with Crippen molar-refractivity contribution in [1.29, 1.82) is 0 Å². The largest absolute Gasteiger partial charge is 0.345 e. The Kier molecular flexibility index (Phi) is 5.36. The van der Waals surface area contributed by atoms with E-state index in [0.717, 1.165) is 31.4 Å². The molecule has 2 rings (SSSR count). The van der Waals surface area contributed by atoms with Crippen molar-refractivity contribution < 1.29 is 9.59 Å². The van der Waals surface area contributed by atoms with E-state index in [1.54, 1.807) is 37.2 Å². The zero-order chi connectivity index (χ0) is 16.1. The summed E-state index contributed by atoms with van der Waals surface area (Å²) in [6.07, 6.45) is 6.67. The molecular weight excluding hydrogens is 276 g/mol. The summed E-state index contributed by atoms with van der Waals surface area (Å²) >= 11 is 0. The lowest BCUT2D eigenvalue weighted by molar-refractivity contribution is -0.126. The minimum absolute atomic E-state index is 0.0190. The lowest BCUT2D eigenvalue weighted by Crippen LogP contribution is -2.33. The monoisotopic (exact) mass is 300 g/mol. The lowest BCUT2D eigenvalue weighted by atomic mass is 10.1. The van der Waals surface area contributed by atoms with Crippen LogP contribution in [0, 0.1) is 0 Å². The van der Waals surface area contributed by atoms with Gasteiger partial charge in [0.1, 0.15) is 0 Å². The highest BCUT2D eigenvalue weighted by molar-refractivity contribution is 5.94. The second kappa shape index (κ2) is 7.25. The van der Waals surface area contributed by atoms with Crippen molar-refractivity contribution in [3.8, 4) is 0 Å². The van der Waals surface area contributed by atoms with Crippen LogP contribution in [0.5, 0.6) is 0 Å². The van der Waals surface area contributed by atoms with Gasteiger partial charge in [0.25, 0.3) is 5.91 Å². The van der Waals surface area contributed by atoms with Crippen molar-refractivity contribution in [2.45, 2.75) is 32.2 Å². The molecule has 0 spiro atoms. The molecule has 0 aromatic heterocycles. The first-order valence-corrected chi connectivity index (χ1v) is 7.83. The van der Waals surface area contributed by atoms with E-state index in [-0.39, 0.29) is 11.8 Å². The molecule has 1 aromatic rings. The van der Waals surface area contributed by atoms with E-state index in [9.17, 15) is 9.59 Å². The second-order valence-electron chi connectivity index (χ2n) is 5.89. The van der Waals surface area contributed by atoms with Crippen molar-refractivity contribution in [3.05, 3.63) is 41.5 Å².